The number of hydrogen-bond acceptors (Lipinski definition) is 7. The first-order valence-electron chi connectivity index (χ1n) is 12.4. The fraction of sp³-hybridized carbons (Fsp3) is 0.583. The number of amides is 1. The predicted octanol–water partition coefficient (Wildman–Crippen LogP) is 4.01. The van der Waals surface area contributed by atoms with Gasteiger partial charge in [-0.2, -0.15) is 18.3 Å². The van der Waals surface area contributed by atoms with E-state index >= 15 is 0 Å². The Balaban J connectivity index is 1.46. The minimum Gasteiger partial charge on any atom is -0.489 e. The summed E-state index contributed by atoms with van der Waals surface area (Å²) in [5, 5.41) is 13.1. The quantitative estimate of drug-likeness (QED) is 0.384. The Hall–Kier alpha value is -3.13. The van der Waals surface area contributed by atoms with Gasteiger partial charge in [-0.3, -0.25) is 9.78 Å². The second-order valence-corrected chi connectivity index (χ2v) is 16.4. The van der Waals surface area contributed by atoms with E-state index in [-0.39, 0.29) is 31.6 Å². The van der Waals surface area contributed by atoms with Gasteiger partial charge in [-0.25, -0.2) is 9.48 Å². The Morgan fingerprint density at radius 1 is 1.18 bits per heavy atom. The van der Waals surface area contributed by atoms with Crippen LogP contribution in [0.5, 0.6) is 5.75 Å². The van der Waals surface area contributed by atoms with Crippen LogP contribution in [0.1, 0.15) is 29.7 Å². The fourth-order valence-corrected chi connectivity index (χ4v) is 5.19. The van der Waals surface area contributed by atoms with Gasteiger partial charge in [0.2, 0.25) is 0 Å². The molecule has 0 radical (unpaired) electrons. The van der Waals surface area contributed by atoms with E-state index in [1.54, 1.807) is 6.07 Å². The van der Waals surface area contributed by atoms with Crippen LogP contribution in [0.4, 0.5) is 23.7 Å². The highest BCUT2D eigenvalue weighted by molar-refractivity contribution is 6.76. The lowest BCUT2D eigenvalue weighted by Crippen LogP contribution is -2.41. The molecule has 38 heavy (non-hydrogen) atoms. The molecular weight excluding hydrogens is 523 g/mol. The molecule has 2 aliphatic rings. The van der Waals surface area contributed by atoms with Crippen molar-refractivity contribution in [2.45, 2.75) is 70.6 Å². The van der Waals surface area contributed by atoms with Gasteiger partial charge in [0.05, 0.1) is 30.3 Å². The van der Waals surface area contributed by atoms with Gasteiger partial charge in [0, 0.05) is 47.2 Å². The largest absolute Gasteiger partial charge is 0.489 e. The molecule has 1 saturated heterocycles. The molecule has 1 N–H and O–H groups in total. The molecule has 14 heteroatoms. The number of anilines is 1. The first-order chi connectivity index (χ1) is 17.8. The molecule has 4 rings (SSSR count). The van der Waals surface area contributed by atoms with Crippen molar-refractivity contribution in [3.8, 4) is 5.75 Å². The number of alkyl halides is 3. The molecule has 2 aliphatic heterocycles. The van der Waals surface area contributed by atoms with E-state index < -0.39 is 31.5 Å². The van der Waals surface area contributed by atoms with Crippen molar-refractivity contribution in [3.05, 3.63) is 45.6 Å². The van der Waals surface area contributed by atoms with E-state index in [2.05, 4.69) is 29.7 Å². The average Bonchev–Trinajstić information content (AvgIpc) is 3.24. The number of likely N-dealkylation sites (tertiary alicyclic amines) is 1. The fourth-order valence-electron chi connectivity index (χ4n) is 4.44. The summed E-state index contributed by atoms with van der Waals surface area (Å²) in [6.07, 6.45) is -2.36. The predicted molar refractivity (Wildman–Crippen MR) is 135 cm³/mol. The first-order valence-corrected chi connectivity index (χ1v) is 16.1. The highest BCUT2D eigenvalue weighted by Gasteiger charge is 2.40. The Bertz CT molecular complexity index is 1230. The topological polar surface area (TPSA) is 110 Å². The minimum atomic E-state index is -4.88. The van der Waals surface area contributed by atoms with Crippen LogP contribution in [0.15, 0.2) is 23.3 Å². The maximum absolute atomic E-state index is 14.0. The number of pyridine rings is 1. The Kier molecular flexibility index (Phi) is 8.02. The maximum Gasteiger partial charge on any atom is 0.423 e. The van der Waals surface area contributed by atoms with Crippen molar-refractivity contribution in [2.24, 2.45) is 0 Å². The molecule has 0 aliphatic carbocycles. The molecule has 1 amide bonds. The Morgan fingerprint density at radius 3 is 2.53 bits per heavy atom. The second kappa shape index (κ2) is 10.9. The number of carboxylic acid groups (broad SMARTS) is 1. The third-order valence-corrected chi connectivity index (χ3v) is 8.31. The van der Waals surface area contributed by atoms with Gasteiger partial charge in [0.1, 0.15) is 24.1 Å². The van der Waals surface area contributed by atoms with Crippen molar-refractivity contribution < 1.29 is 32.5 Å². The molecule has 0 saturated carbocycles. The van der Waals surface area contributed by atoms with Gasteiger partial charge in [-0.1, -0.05) is 19.6 Å². The van der Waals surface area contributed by atoms with Gasteiger partial charge in [0.15, 0.2) is 0 Å². The molecule has 208 valence electrons. The lowest BCUT2D eigenvalue weighted by atomic mass is 10.1. The average molecular weight is 556 g/mol. The van der Waals surface area contributed by atoms with Crippen LogP contribution in [-0.2, 0) is 30.7 Å². The number of fused-ring (bicyclic) bond motifs is 1. The normalized spacial score (nSPS) is 16.6. The van der Waals surface area contributed by atoms with Crippen LogP contribution < -0.4 is 15.2 Å². The number of aromatic nitrogens is 3. The summed E-state index contributed by atoms with van der Waals surface area (Å²) in [5.74, 6) is 0.472. The monoisotopic (exact) mass is 555 g/mol. The van der Waals surface area contributed by atoms with Gasteiger partial charge >= 0.3 is 12.3 Å². The van der Waals surface area contributed by atoms with Crippen LogP contribution >= 0.6 is 0 Å². The standard InChI is InChI=1S/C24H32F3N5O5Si/c1-38(2,3)9-8-36-15-32-22(33)21(24(25,26)27)20(12-29-32)31-13-16-10-18(11-28-19(16)14-31)37-17-4-6-30(7-5-17)23(34)35/h10-12,17H,4-9,13-15H2,1-3H3,(H,34,35). The SMILES string of the molecule is C[Si](C)(C)CCOCn1ncc(N2Cc3cc(OC4CCN(C(=O)O)CC4)cnc3C2)c(C(F)(F)F)c1=O. The Labute approximate surface area is 219 Å². The van der Waals surface area contributed by atoms with E-state index in [1.165, 1.54) is 16.0 Å². The molecule has 2 aromatic heterocycles. The summed E-state index contributed by atoms with van der Waals surface area (Å²) >= 11 is 0. The van der Waals surface area contributed by atoms with Crippen molar-refractivity contribution in [2.75, 3.05) is 24.6 Å². The zero-order valence-electron chi connectivity index (χ0n) is 21.6. The summed E-state index contributed by atoms with van der Waals surface area (Å²) < 4.78 is 54.3. The molecule has 10 nitrogen and oxygen atoms in total. The third kappa shape index (κ3) is 6.65. The Morgan fingerprint density at radius 2 is 1.89 bits per heavy atom. The first kappa shape index (κ1) is 27.9. The lowest BCUT2D eigenvalue weighted by Gasteiger charge is -2.30. The van der Waals surface area contributed by atoms with E-state index in [4.69, 9.17) is 14.6 Å². The van der Waals surface area contributed by atoms with Gasteiger partial charge < -0.3 is 24.4 Å². The third-order valence-electron chi connectivity index (χ3n) is 6.61. The molecule has 0 unspecified atom stereocenters. The van der Waals surface area contributed by atoms with E-state index in [1.807, 2.05) is 0 Å². The molecular formula is C24H32F3N5O5Si. The number of halogens is 3. The van der Waals surface area contributed by atoms with Crippen LogP contribution in [0, 0.1) is 0 Å². The molecule has 0 bridgehead atoms. The molecule has 1 fully saturated rings. The van der Waals surface area contributed by atoms with E-state index in [0.717, 1.165) is 12.2 Å². The number of carbonyl (C=O) groups is 1. The number of ether oxygens (including phenoxy) is 2. The summed E-state index contributed by atoms with van der Waals surface area (Å²) in [6.45, 7) is 7.40. The highest BCUT2D eigenvalue weighted by atomic mass is 28.3. The zero-order chi connectivity index (χ0) is 27.7. The van der Waals surface area contributed by atoms with Crippen molar-refractivity contribution >= 4 is 19.9 Å². The number of hydrogen-bond donors (Lipinski definition) is 1. The molecule has 4 heterocycles. The maximum atomic E-state index is 14.0. The van der Waals surface area contributed by atoms with Crippen molar-refractivity contribution in [3.63, 3.8) is 0 Å². The summed E-state index contributed by atoms with van der Waals surface area (Å²) in [7, 11) is -1.39. The minimum absolute atomic E-state index is 0.0908. The molecule has 0 atom stereocenters. The zero-order valence-corrected chi connectivity index (χ0v) is 22.6. The molecule has 0 aromatic carbocycles. The van der Waals surface area contributed by atoms with Crippen LogP contribution in [0.25, 0.3) is 0 Å². The van der Waals surface area contributed by atoms with Crippen molar-refractivity contribution in [1.29, 1.82) is 0 Å². The van der Waals surface area contributed by atoms with Crippen molar-refractivity contribution in [1.82, 2.24) is 19.7 Å². The van der Waals surface area contributed by atoms with Gasteiger partial charge in [-0.05, 0) is 17.7 Å². The van der Waals surface area contributed by atoms with Crippen LogP contribution in [0.2, 0.25) is 25.7 Å². The highest BCUT2D eigenvalue weighted by Crippen LogP contribution is 2.37. The lowest BCUT2D eigenvalue weighted by molar-refractivity contribution is -0.138. The van der Waals surface area contributed by atoms with Gasteiger partial charge in [-0.15, -0.1) is 0 Å². The summed E-state index contributed by atoms with van der Waals surface area (Å²) in [4.78, 5) is 31.0. The van der Waals surface area contributed by atoms with Crippen LogP contribution in [0.3, 0.4) is 0 Å². The molecule has 2 aromatic rings. The number of piperidine rings is 1. The molecule has 0 spiro atoms. The summed E-state index contributed by atoms with van der Waals surface area (Å²) in [5.41, 5.74) is -1.55. The second-order valence-electron chi connectivity index (χ2n) is 10.8. The van der Waals surface area contributed by atoms with E-state index in [0.29, 0.717) is 54.2 Å². The smallest absolute Gasteiger partial charge is 0.423 e. The van der Waals surface area contributed by atoms with E-state index in [9.17, 15) is 22.8 Å². The number of nitrogens with zero attached hydrogens (tertiary/aromatic N) is 5. The summed E-state index contributed by atoms with van der Waals surface area (Å²) in [6, 6.07) is 2.55. The van der Waals surface area contributed by atoms with Gasteiger partial charge in [0.25, 0.3) is 5.56 Å². The number of rotatable bonds is 8. The van der Waals surface area contributed by atoms with Crippen LogP contribution in [-0.4, -0.2) is 64.7 Å².